The number of ketones is 1. The van der Waals surface area contributed by atoms with Crippen molar-refractivity contribution in [3.05, 3.63) is 94.8 Å². The highest BCUT2D eigenvalue weighted by Crippen LogP contribution is 2.42. The molecule has 0 aliphatic carbocycles. The molecule has 1 fully saturated rings. The molecule has 0 spiro atoms. The second-order valence-corrected chi connectivity index (χ2v) is 8.74. The van der Waals surface area contributed by atoms with E-state index in [1.807, 2.05) is 62.3 Å². The summed E-state index contributed by atoms with van der Waals surface area (Å²) in [6.45, 7) is 1.92. The number of fused-ring (bicyclic) bond motifs is 1. The predicted octanol–water partition coefficient (Wildman–Crippen LogP) is 4.70. The number of nitrogens with one attached hydrogen (secondary N) is 1. The van der Waals surface area contributed by atoms with E-state index in [1.54, 1.807) is 12.1 Å². The van der Waals surface area contributed by atoms with Crippen molar-refractivity contribution in [1.82, 2.24) is 9.97 Å². The number of H-pyrrole nitrogens is 1. The van der Waals surface area contributed by atoms with Crippen LogP contribution in [0.25, 0.3) is 16.8 Å². The number of aliphatic hydroxyl groups is 1. The summed E-state index contributed by atoms with van der Waals surface area (Å²) >= 11 is 0. The number of imidazole rings is 1. The molecule has 1 amide bonds. The summed E-state index contributed by atoms with van der Waals surface area (Å²) in [5.74, 6) is -2.28. The molecular formula is C27H23FN4O3. The number of benzene rings is 3. The molecule has 35 heavy (non-hydrogen) atoms. The van der Waals surface area contributed by atoms with Crippen LogP contribution in [-0.4, -0.2) is 40.9 Å². The second-order valence-electron chi connectivity index (χ2n) is 8.74. The molecule has 5 rings (SSSR count). The van der Waals surface area contributed by atoms with Gasteiger partial charge in [0.25, 0.3) is 5.78 Å². The van der Waals surface area contributed by atoms with Crippen LogP contribution in [0.3, 0.4) is 0 Å². The van der Waals surface area contributed by atoms with Crippen molar-refractivity contribution in [2.75, 3.05) is 23.9 Å². The fraction of sp³-hybridized carbons (Fsp3) is 0.148. The van der Waals surface area contributed by atoms with E-state index in [1.165, 1.54) is 23.1 Å². The van der Waals surface area contributed by atoms with Gasteiger partial charge in [0, 0.05) is 25.3 Å². The Balaban J connectivity index is 1.71. The van der Waals surface area contributed by atoms with Gasteiger partial charge in [-0.2, -0.15) is 0 Å². The van der Waals surface area contributed by atoms with Gasteiger partial charge in [0.15, 0.2) is 0 Å². The molecule has 1 aliphatic heterocycles. The third kappa shape index (κ3) is 3.82. The predicted molar refractivity (Wildman–Crippen MR) is 133 cm³/mol. The number of hydrogen-bond donors (Lipinski definition) is 2. The Morgan fingerprint density at radius 3 is 2.37 bits per heavy atom. The molecule has 1 atom stereocenters. The Bertz CT molecular complexity index is 1490. The fourth-order valence-corrected chi connectivity index (χ4v) is 4.27. The lowest BCUT2D eigenvalue weighted by Gasteiger charge is -2.23. The molecule has 2 heterocycles. The average Bonchev–Trinajstić information content (AvgIpc) is 3.37. The molecule has 0 radical (unpaired) electrons. The van der Waals surface area contributed by atoms with Gasteiger partial charge in [-0.3, -0.25) is 14.5 Å². The Hall–Kier alpha value is -4.46. The van der Waals surface area contributed by atoms with Crippen LogP contribution in [0.4, 0.5) is 16.0 Å². The minimum atomic E-state index is -0.932. The first kappa shape index (κ1) is 22.3. The van der Waals surface area contributed by atoms with Crippen LogP contribution in [0.5, 0.6) is 0 Å². The molecule has 8 heteroatoms. The summed E-state index contributed by atoms with van der Waals surface area (Å²) in [6, 6.07) is 17.5. The van der Waals surface area contributed by atoms with Gasteiger partial charge in [-0.05, 0) is 42.8 Å². The van der Waals surface area contributed by atoms with Gasteiger partial charge < -0.3 is 15.0 Å². The van der Waals surface area contributed by atoms with Gasteiger partial charge in [-0.1, -0.05) is 42.0 Å². The number of carbonyl (C=O) groups excluding carboxylic acids is 2. The first-order chi connectivity index (χ1) is 16.7. The molecule has 3 aromatic carbocycles. The lowest BCUT2D eigenvalue weighted by Crippen LogP contribution is -2.30. The fourth-order valence-electron chi connectivity index (χ4n) is 4.27. The number of nitrogens with zero attached hydrogens (tertiary/aromatic N) is 3. The minimum Gasteiger partial charge on any atom is -0.507 e. The number of aliphatic hydroxyl groups excluding tert-OH is 1. The molecule has 2 N–H and O–H groups in total. The third-order valence-corrected chi connectivity index (χ3v) is 6.15. The Morgan fingerprint density at radius 2 is 1.71 bits per heavy atom. The van der Waals surface area contributed by atoms with Crippen LogP contribution in [-0.2, 0) is 9.59 Å². The number of amides is 1. The number of Topliss-reactive ketones (excluding diaryl/α,β-unsaturated/α-hetero) is 1. The standard InChI is InChI=1S/C27H23FN4O3/c1-15-4-6-17(7-5-15)24(33)22-23(16-8-11-19(12-9-16)31(2)3)32(26(35)25(22)34)27-29-20-13-10-18(28)14-21(20)30-27/h4-14,23,33H,1-3H3,(H,29,30)/b24-22+. The minimum absolute atomic E-state index is 0.0388. The van der Waals surface area contributed by atoms with E-state index in [9.17, 15) is 19.1 Å². The van der Waals surface area contributed by atoms with E-state index in [4.69, 9.17) is 0 Å². The van der Waals surface area contributed by atoms with Crippen LogP contribution >= 0.6 is 0 Å². The number of carbonyl (C=O) groups is 2. The number of halogens is 1. The molecule has 0 saturated carbocycles. The van der Waals surface area contributed by atoms with Crippen molar-refractivity contribution in [3.8, 4) is 0 Å². The zero-order valence-corrected chi connectivity index (χ0v) is 19.4. The number of aromatic amines is 1. The second kappa shape index (κ2) is 8.39. The first-order valence-corrected chi connectivity index (χ1v) is 11.0. The largest absolute Gasteiger partial charge is 0.507 e. The molecule has 1 aromatic heterocycles. The molecule has 176 valence electrons. The Kier molecular flexibility index (Phi) is 5.36. The van der Waals surface area contributed by atoms with Gasteiger partial charge in [0.05, 0.1) is 22.6 Å². The summed E-state index contributed by atoms with van der Waals surface area (Å²) in [6.07, 6.45) is 0. The first-order valence-electron chi connectivity index (χ1n) is 11.0. The number of rotatable bonds is 4. The summed E-state index contributed by atoms with van der Waals surface area (Å²) < 4.78 is 13.8. The van der Waals surface area contributed by atoms with Crippen LogP contribution in [0.15, 0.2) is 72.3 Å². The molecule has 0 bridgehead atoms. The normalized spacial score (nSPS) is 17.4. The van der Waals surface area contributed by atoms with Crippen molar-refractivity contribution in [3.63, 3.8) is 0 Å². The number of hydrogen-bond acceptors (Lipinski definition) is 5. The van der Waals surface area contributed by atoms with Crippen molar-refractivity contribution >= 4 is 40.1 Å². The highest BCUT2D eigenvalue weighted by atomic mass is 19.1. The monoisotopic (exact) mass is 470 g/mol. The van der Waals surface area contributed by atoms with Crippen molar-refractivity contribution in [2.45, 2.75) is 13.0 Å². The lowest BCUT2D eigenvalue weighted by molar-refractivity contribution is -0.132. The molecule has 1 saturated heterocycles. The van der Waals surface area contributed by atoms with Crippen LogP contribution in [0.2, 0.25) is 0 Å². The summed E-state index contributed by atoms with van der Waals surface area (Å²) in [5.41, 5.74) is 3.77. The third-order valence-electron chi connectivity index (χ3n) is 6.15. The van der Waals surface area contributed by atoms with Crippen molar-refractivity contribution in [2.24, 2.45) is 0 Å². The van der Waals surface area contributed by atoms with Crippen molar-refractivity contribution < 1.29 is 19.1 Å². The van der Waals surface area contributed by atoms with E-state index in [2.05, 4.69) is 9.97 Å². The number of anilines is 2. The quantitative estimate of drug-likeness (QED) is 0.256. The molecule has 1 aliphatic rings. The number of aromatic nitrogens is 2. The zero-order valence-electron chi connectivity index (χ0n) is 19.4. The van der Waals surface area contributed by atoms with Gasteiger partial charge in [0.2, 0.25) is 5.95 Å². The van der Waals surface area contributed by atoms with Crippen molar-refractivity contribution in [1.29, 1.82) is 0 Å². The van der Waals surface area contributed by atoms with E-state index in [-0.39, 0.29) is 17.3 Å². The number of aryl methyl sites for hydroxylation is 1. The smallest absolute Gasteiger partial charge is 0.302 e. The average molecular weight is 471 g/mol. The van der Waals surface area contributed by atoms with Crippen LogP contribution in [0.1, 0.15) is 22.7 Å². The van der Waals surface area contributed by atoms with Gasteiger partial charge in [0.1, 0.15) is 11.6 Å². The molecular weight excluding hydrogens is 447 g/mol. The van der Waals surface area contributed by atoms with E-state index in [0.29, 0.717) is 22.2 Å². The van der Waals surface area contributed by atoms with E-state index < -0.39 is 23.5 Å². The van der Waals surface area contributed by atoms with Crippen LogP contribution < -0.4 is 9.80 Å². The van der Waals surface area contributed by atoms with Gasteiger partial charge in [-0.25, -0.2) is 9.37 Å². The van der Waals surface area contributed by atoms with E-state index in [0.717, 1.165) is 11.3 Å². The SMILES string of the molecule is Cc1ccc(/C(O)=C2\C(=O)C(=O)N(c3nc4ccc(F)cc4[nH]3)C2c2ccc(N(C)C)cc2)cc1. The Morgan fingerprint density at radius 1 is 1.03 bits per heavy atom. The maximum atomic E-state index is 13.8. The topological polar surface area (TPSA) is 89.5 Å². The maximum Gasteiger partial charge on any atom is 0.302 e. The highest BCUT2D eigenvalue weighted by molar-refractivity contribution is 6.51. The van der Waals surface area contributed by atoms with Crippen LogP contribution in [0, 0.1) is 12.7 Å². The summed E-state index contributed by atoms with van der Waals surface area (Å²) in [4.78, 5) is 37.1. The molecule has 1 unspecified atom stereocenters. The molecule has 7 nitrogen and oxygen atoms in total. The summed E-state index contributed by atoms with van der Waals surface area (Å²) in [7, 11) is 3.82. The molecule has 4 aromatic rings. The maximum absolute atomic E-state index is 13.8. The highest BCUT2D eigenvalue weighted by Gasteiger charge is 2.48. The zero-order chi connectivity index (χ0) is 24.9. The van der Waals surface area contributed by atoms with Gasteiger partial charge >= 0.3 is 5.91 Å². The lowest BCUT2D eigenvalue weighted by atomic mass is 9.95. The summed E-state index contributed by atoms with van der Waals surface area (Å²) in [5, 5.41) is 11.2. The van der Waals surface area contributed by atoms with Gasteiger partial charge in [-0.15, -0.1) is 0 Å². The van der Waals surface area contributed by atoms with E-state index >= 15 is 0 Å². The Labute approximate surface area is 201 Å².